The van der Waals surface area contributed by atoms with E-state index >= 15 is 0 Å². The monoisotopic (exact) mass is 372 g/mol. The van der Waals surface area contributed by atoms with Crippen molar-refractivity contribution >= 4 is 44.2 Å². The molecule has 3 rings (SSSR count). The number of nitrogens with one attached hydrogen (secondary N) is 1. The maximum Gasteiger partial charge on any atom is 0.270 e. The van der Waals surface area contributed by atoms with Gasteiger partial charge in [-0.25, -0.2) is 4.98 Å². The first-order valence-corrected chi connectivity index (χ1v) is 8.03. The molecule has 0 atom stereocenters. The average molecular weight is 372 g/mol. The van der Waals surface area contributed by atoms with Crippen molar-refractivity contribution in [2.75, 3.05) is 11.9 Å². The van der Waals surface area contributed by atoms with E-state index in [1.807, 2.05) is 0 Å². The third-order valence-electron chi connectivity index (χ3n) is 3.29. The molecule has 1 N–H and O–H groups in total. The maximum absolute atomic E-state index is 12.0. The van der Waals surface area contributed by atoms with Crippen molar-refractivity contribution in [2.24, 2.45) is 0 Å². The molecule has 3 aromatic rings. The molecule has 0 radical (unpaired) electrons. The summed E-state index contributed by atoms with van der Waals surface area (Å²) in [5, 5.41) is 24.5. The molecule has 0 bridgehead atoms. The Morgan fingerprint density at radius 2 is 2.00 bits per heavy atom. The number of nitro benzene ring substituents is 1. The van der Waals surface area contributed by atoms with Crippen LogP contribution >= 0.6 is 11.3 Å². The fourth-order valence-electron chi connectivity index (χ4n) is 2.14. The van der Waals surface area contributed by atoms with E-state index in [-0.39, 0.29) is 22.1 Å². The zero-order chi connectivity index (χ0) is 18.7. The molecule has 2 aromatic carbocycles. The van der Waals surface area contributed by atoms with E-state index < -0.39 is 23.4 Å². The Hall–Kier alpha value is -3.53. The summed E-state index contributed by atoms with van der Waals surface area (Å²) in [6.45, 7) is -0.430. The zero-order valence-electron chi connectivity index (χ0n) is 13.0. The standard InChI is InChI=1S/C16H11N3O6S/c20-14(8-25-12-4-2-1-3-10(12)15(21)22)18-16-17-11-6-5-9(19(23)24)7-13(11)26-16/h1-7H,8H2,(H,21,22)(H,17,18,20)/p-1. The highest BCUT2D eigenvalue weighted by molar-refractivity contribution is 7.22. The molecule has 0 saturated carbocycles. The number of para-hydroxylation sites is 1. The van der Waals surface area contributed by atoms with Crippen LogP contribution in [0.15, 0.2) is 42.5 Å². The quantitative estimate of drug-likeness (QED) is 0.513. The van der Waals surface area contributed by atoms with Gasteiger partial charge in [-0.05, 0) is 18.2 Å². The Balaban J connectivity index is 1.68. The van der Waals surface area contributed by atoms with Gasteiger partial charge in [0, 0.05) is 17.7 Å². The molecule has 1 heterocycles. The van der Waals surface area contributed by atoms with Crippen LogP contribution in [0.1, 0.15) is 10.4 Å². The number of hydrogen-bond acceptors (Lipinski definition) is 8. The van der Waals surface area contributed by atoms with Crippen molar-refractivity contribution in [3.8, 4) is 5.75 Å². The van der Waals surface area contributed by atoms with Gasteiger partial charge in [0.05, 0.1) is 21.1 Å². The van der Waals surface area contributed by atoms with E-state index in [1.54, 1.807) is 6.07 Å². The Morgan fingerprint density at radius 1 is 1.23 bits per heavy atom. The largest absolute Gasteiger partial charge is 0.545 e. The van der Waals surface area contributed by atoms with Gasteiger partial charge in [0.1, 0.15) is 5.75 Å². The summed E-state index contributed by atoms with van der Waals surface area (Å²) in [5.41, 5.74) is 0.285. The summed E-state index contributed by atoms with van der Waals surface area (Å²) in [6, 6.07) is 9.99. The van der Waals surface area contributed by atoms with Gasteiger partial charge in [0.2, 0.25) is 0 Å². The minimum Gasteiger partial charge on any atom is -0.545 e. The van der Waals surface area contributed by atoms with Crippen molar-refractivity contribution in [1.82, 2.24) is 4.98 Å². The second kappa shape index (κ2) is 7.15. The summed E-state index contributed by atoms with van der Waals surface area (Å²) in [6.07, 6.45) is 0. The van der Waals surface area contributed by atoms with Crippen molar-refractivity contribution in [1.29, 1.82) is 0 Å². The van der Waals surface area contributed by atoms with E-state index in [1.165, 1.54) is 36.4 Å². The number of carboxylic acid groups (broad SMARTS) is 1. The van der Waals surface area contributed by atoms with Crippen LogP contribution in [-0.2, 0) is 4.79 Å². The lowest BCUT2D eigenvalue weighted by molar-refractivity contribution is -0.384. The number of hydrogen-bond donors (Lipinski definition) is 1. The summed E-state index contributed by atoms with van der Waals surface area (Å²) in [4.78, 5) is 37.4. The Bertz CT molecular complexity index is 1020. The third kappa shape index (κ3) is 3.75. The highest BCUT2D eigenvalue weighted by Crippen LogP contribution is 2.29. The lowest BCUT2D eigenvalue weighted by atomic mass is 10.2. The number of thiazole rings is 1. The molecule has 10 heteroatoms. The number of amides is 1. The van der Waals surface area contributed by atoms with Gasteiger partial charge in [0.25, 0.3) is 11.6 Å². The number of nitrogens with zero attached hydrogens (tertiary/aromatic N) is 2. The average Bonchev–Trinajstić information content (AvgIpc) is 3.01. The molecule has 9 nitrogen and oxygen atoms in total. The van der Waals surface area contributed by atoms with Gasteiger partial charge in [-0.1, -0.05) is 23.5 Å². The topological polar surface area (TPSA) is 134 Å². The molecular formula is C16H10N3O6S-. The number of carboxylic acids is 1. The molecule has 0 spiro atoms. The fraction of sp³-hybridized carbons (Fsp3) is 0.0625. The summed E-state index contributed by atoms with van der Waals surface area (Å²) in [5.74, 6) is -1.94. The Labute approximate surface area is 150 Å². The predicted octanol–water partition coefficient (Wildman–Crippen LogP) is 1.59. The molecule has 0 aliphatic carbocycles. The maximum atomic E-state index is 12.0. The molecule has 26 heavy (non-hydrogen) atoms. The van der Waals surface area contributed by atoms with E-state index in [9.17, 15) is 24.8 Å². The smallest absolute Gasteiger partial charge is 0.270 e. The van der Waals surface area contributed by atoms with Gasteiger partial charge in [0.15, 0.2) is 11.7 Å². The fourth-order valence-corrected chi connectivity index (χ4v) is 3.06. The Morgan fingerprint density at radius 3 is 2.73 bits per heavy atom. The normalized spacial score (nSPS) is 10.5. The summed E-state index contributed by atoms with van der Waals surface area (Å²) >= 11 is 1.08. The number of ether oxygens (including phenoxy) is 1. The molecule has 132 valence electrons. The predicted molar refractivity (Wildman–Crippen MR) is 91.2 cm³/mol. The van der Waals surface area contributed by atoms with Gasteiger partial charge in [-0.2, -0.15) is 0 Å². The zero-order valence-corrected chi connectivity index (χ0v) is 13.8. The van der Waals surface area contributed by atoms with Crippen molar-refractivity contribution in [2.45, 2.75) is 0 Å². The van der Waals surface area contributed by atoms with Gasteiger partial charge in [-0.15, -0.1) is 0 Å². The second-order valence-electron chi connectivity index (χ2n) is 5.05. The number of carbonyl (C=O) groups excluding carboxylic acids is 2. The van der Waals surface area contributed by atoms with E-state index in [2.05, 4.69) is 10.3 Å². The number of rotatable bonds is 6. The molecular weight excluding hydrogens is 362 g/mol. The summed E-state index contributed by atoms with van der Waals surface area (Å²) in [7, 11) is 0. The van der Waals surface area contributed by atoms with Crippen molar-refractivity contribution < 1.29 is 24.4 Å². The summed E-state index contributed by atoms with van der Waals surface area (Å²) < 4.78 is 5.77. The van der Waals surface area contributed by atoms with Crippen LogP contribution in [0.3, 0.4) is 0 Å². The minimum atomic E-state index is -1.41. The first-order valence-electron chi connectivity index (χ1n) is 7.22. The van der Waals surface area contributed by atoms with Crippen LogP contribution in [-0.4, -0.2) is 28.4 Å². The van der Waals surface area contributed by atoms with Crippen molar-refractivity contribution in [3.05, 3.63) is 58.1 Å². The van der Waals surface area contributed by atoms with Crippen LogP contribution in [0.5, 0.6) is 5.75 Å². The van der Waals surface area contributed by atoms with Crippen LogP contribution in [0.4, 0.5) is 10.8 Å². The number of non-ortho nitro benzene ring substituents is 1. The van der Waals surface area contributed by atoms with E-state index in [4.69, 9.17) is 4.74 Å². The second-order valence-corrected chi connectivity index (χ2v) is 6.08. The molecule has 0 saturated heterocycles. The first-order chi connectivity index (χ1) is 12.4. The molecule has 0 unspecified atom stereocenters. The van der Waals surface area contributed by atoms with Gasteiger partial charge < -0.3 is 14.6 Å². The number of carbonyl (C=O) groups is 2. The number of aromatic carboxylic acids is 1. The Kier molecular flexibility index (Phi) is 4.76. The SMILES string of the molecule is O=C(COc1ccccc1C(=O)[O-])Nc1nc2ccc([N+](=O)[O-])cc2s1. The van der Waals surface area contributed by atoms with Crippen LogP contribution < -0.4 is 15.2 Å². The molecule has 1 amide bonds. The number of benzene rings is 2. The molecule has 1 aromatic heterocycles. The number of nitro groups is 1. The third-order valence-corrected chi connectivity index (χ3v) is 4.23. The molecule has 0 aliphatic rings. The van der Waals surface area contributed by atoms with E-state index in [0.717, 1.165) is 11.3 Å². The van der Waals surface area contributed by atoms with E-state index in [0.29, 0.717) is 10.2 Å². The highest BCUT2D eigenvalue weighted by Gasteiger charge is 2.13. The lowest BCUT2D eigenvalue weighted by Gasteiger charge is -2.11. The number of anilines is 1. The van der Waals surface area contributed by atoms with Gasteiger partial charge in [-0.3, -0.25) is 20.2 Å². The van der Waals surface area contributed by atoms with Crippen LogP contribution in [0.2, 0.25) is 0 Å². The van der Waals surface area contributed by atoms with Crippen LogP contribution in [0, 0.1) is 10.1 Å². The highest BCUT2D eigenvalue weighted by atomic mass is 32.1. The molecule has 0 aliphatic heterocycles. The van der Waals surface area contributed by atoms with Gasteiger partial charge >= 0.3 is 0 Å². The number of fused-ring (bicyclic) bond motifs is 1. The molecule has 0 fully saturated rings. The first kappa shape index (κ1) is 17.3. The lowest BCUT2D eigenvalue weighted by Crippen LogP contribution is -2.25. The minimum absolute atomic E-state index is 0.0163. The van der Waals surface area contributed by atoms with Crippen LogP contribution in [0.25, 0.3) is 10.2 Å². The van der Waals surface area contributed by atoms with Crippen molar-refractivity contribution in [3.63, 3.8) is 0 Å². The number of aromatic nitrogens is 1.